The number of rotatable bonds is 4. The lowest BCUT2D eigenvalue weighted by atomic mass is 10.1. The Labute approximate surface area is 122 Å². The molecule has 0 spiro atoms. The van der Waals surface area contributed by atoms with Crippen molar-refractivity contribution in [2.45, 2.75) is 13.0 Å². The van der Waals surface area contributed by atoms with Crippen LogP contribution in [0.4, 0.5) is 13.8 Å². The smallest absolute Gasteiger partial charge is 0.324 e. The van der Waals surface area contributed by atoms with E-state index in [9.17, 15) is 23.7 Å². The third kappa shape index (κ3) is 3.40. The van der Waals surface area contributed by atoms with E-state index in [1.54, 1.807) is 0 Å². The van der Waals surface area contributed by atoms with Crippen molar-refractivity contribution in [2.75, 3.05) is 0 Å². The zero-order chi connectivity index (χ0) is 15.6. The normalized spacial score (nSPS) is 12.0. The maximum atomic E-state index is 13.6. The summed E-state index contributed by atoms with van der Waals surface area (Å²) < 4.78 is 26.4. The number of hydrogen-bond donors (Lipinski definition) is 1. The van der Waals surface area contributed by atoms with Gasteiger partial charge in [0.25, 0.3) is 5.91 Å². The molecule has 1 heterocycles. The molecule has 0 aliphatic carbocycles. The fraction of sp³-hybridized carbons (Fsp3) is 0.154. The van der Waals surface area contributed by atoms with E-state index in [0.29, 0.717) is 0 Å². The second-order valence-corrected chi connectivity index (χ2v) is 5.32. The minimum absolute atomic E-state index is 0.135. The predicted octanol–water partition coefficient (Wildman–Crippen LogP) is 3.43. The van der Waals surface area contributed by atoms with Gasteiger partial charge >= 0.3 is 5.00 Å². The Hall–Kier alpha value is -2.35. The number of halogens is 2. The molecule has 21 heavy (non-hydrogen) atoms. The first kappa shape index (κ1) is 15.0. The summed E-state index contributed by atoms with van der Waals surface area (Å²) in [6.45, 7) is 1.54. The van der Waals surface area contributed by atoms with E-state index in [2.05, 4.69) is 5.32 Å². The largest absolute Gasteiger partial charge is 0.345 e. The number of amides is 1. The number of nitrogens with zero attached hydrogens (tertiary/aromatic N) is 1. The average molecular weight is 312 g/mol. The number of carbonyl (C=O) groups excluding carboxylic acids is 1. The first-order valence-electron chi connectivity index (χ1n) is 5.88. The molecule has 1 aromatic heterocycles. The second-order valence-electron chi connectivity index (χ2n) is 4.26. The molecular formula is C13H10F2N2O3S. The Balaban J connectivity index is 2.12. The molecule has 2 rings (SSSR count). The van der Waals surface area contributed by atoms with Crippen LogP contribution < -0.4 is 5.32 Å². The highest BCUT2D eigenvalue weighted by atomic mass is 32.1. The number of carbonyl (C=O) groups is 1. The number of thiophene rings is 1. The van der Waals surface area contributed by atoms with Crippen molar-refractivity contribution in [1.29, 1.82) is 0 Å². The third-order valence-electron chi connectivity index (χ3n) is 2.77. The zero-order valence-electron chi connectivity index (χ0n) is 10.8. The van der Waals surface area contributed by atoms with Gasteiger partial charge in [0.15, 0.2) is 0 Å². The van der Waals surface area contributed by atoms with Crippen LogP contribution in [-0.2, 0) is 0 Å². The zero-order valence-corrected chi connectivity index (χ0v) is 11.6. The van der Waals surface area contributed by atoms with E-state index < -0.39 is 28.5 Å². The van der Waals surface area contributed by atoms with Gasteiger partial charge in [-0.2, -0.15) is 0 Å². The molecule has 8 heteroatoms. The van der Waals surface area contributed by atoms with Crippen LogP contribution in [0.25, 0.3) is 0 Å². The highest BCUT2D eigenvalue weighted by Crippen LogP contribution is 2.25. The van der Waals surface area contributed by atoms with E-state index in [1.807, 2.05) is 0 Å². The molecule has 0 saturated heterocycles. The molecule has 0 fully saturated rings. The Morgan fingerprint density at radius 3 is 2.62 bits per heavy atom. The van der Waals surface area contributed by atoms with Gasteiger partial charge in [-0.05, 0) is 19.1 Å². The van der Waals surface area contributed by atoms with Gasteiger partial charge < -0.3 is 5.32 Å². The molecule has 0 bridgehead atoms. The Kier molecular flexibility index (Phi) is 4.27. The van der Waals surface area contributed by atoms with Crippen LogP contribution in [-0.4, -0.2) is 10.8 Å². The van der Waals surface area contributed by atoms with Crippen LogP contribution in [0.2, 0.25) is 0 Å². The monoisotopic (exact) mass is 312 g/mol. The van der Waals surface area contributed by atoms with E-state index in [0.717, 1.165) is 23.5 Å². The molecule has 1 amide bonds. The van der Waals surface area contributed by atoms with Crippen molar-refractivity contribution in [1.82, 2.24) is 5.32 Å². The minimum Gasteiger partial charge on any atom is -0.345 e. The average Bonchev–Trinajstić information content (AvgIpc) is 2.88. The summed E-state index contributed by atoms with van der Waals surface area (Å²) in [6, 6.07) is 4.92. The topological polar surface area (TPSA) is 72.2 Å². The number of hydrogen-bond acceptors (Lipinski definition) is 4. The van der Waals surface area contributed by atoms with Gasteiger partial charge in [0.05, 0.1) is 15.8 Å². The van der Waals surface area contributed by atoms with Crippen LogP contribution in [0, 0.1) is 21.7 Å². The standard InChI is InChI=1S/C13H10F2N2O3S/c1-7(9-3-2-8(14)6-10(9)15)16-13(18)11-4-5-12(21-11)17(19)20/h2-7H,1H3,(H,16,18). The van der Waals surface area contributed by atoms with Crippen molar-refractivity contribution in [2.24, 2.45) is 0 Å². The second kappa shape index (κ2) is 5.96. The van der Waals surface area contributed by atoms with Gasteiger partial charge in [0.1, 0.15) is 11.6 Å². The van der Waals surface area contributed by atoms with Crippen LogP contribution in [0.3, 0.4) is 0 Å². The summed E-state index contributed by atoms with van der Waals surface area (Å²) in [6.07, 6.45) is 0. The SMILES string of the molecule is CC(NC(=O)c1ccc([N+](=O)[O-])s1)c1ccc(F)cc1F. The molecule has 0 saturated carbocycles. The van der Waals surface area contributed by atoms with Crippen molar-refractivity contribution >= 4 is 22.2 Å². The van der Waals surface area contributed by atoms with E-state index in [4.69, 9.17) is 0 Å². The van der Waals surface area contributed by atoms with E-state index >= 15 is 0 Å². The summed E-state index contributed by atoms with van der Waals surface area (Å²) in [5, 5.41) is 12.9. The molecule has 1 N–H and O–H groups in total. The molecule has 1 aromatic carbocycles. The van der Waals surface area contributed by atoms with Crippen LogP contribution in [0.5, 0.6) is 0 Å². The Morgan fingerprint density at radius 2 is 2.05 bits per heavy atom. The number of nitro groups is 1. The van der Waals surface area contributed by atoms with Crippen molar-refractivity contribution in [3.8, 4) is 0 Å². The summed E-state index contributed by atoms with van der Waals surface area (Å²) in [5.41, 5.74) is 0.135. The maximum absolute atomic E-state index is 13.6. The lowest BCUT2D eigenvalue weighted by Crippen LogP contribution is -2.26. The molecule has 2 aromatic rings. The summed E-state index contributed by atoms with van der Waals surface area (Å²) in [7, 11) is 0. The number of benzene rings is 1. The van der Waals surface area contributed by atoms with Crippen LogP contribution in [0.15, 0.2) is 30.3 Å². The molecule has 1 unspecified atom stereocenters. The van der Waals surface area contributed by atoms with Gasteiger partial charge in [-0.3, -0.25) is 14.9 Å². The fourth-order valence-electron chi connectivity index (χ4n) is 1.75. The highest BCUT2D eigenvalue weighted by Gasteiger charge is 2.19. The summed E-state index contributed by atoms with van der Waals surface area (Å²) in [5.74, 6) is -2.02. The molecule has 0 aliphatic rings. The minimum atomic E-state index is -0.764. The number of nitrogens with one attached hydrogen (secondary N) is 1. The van der Waals surface area contributed by atoms with E-state index in [-0.39, 0.29) is 15.4 Å². The van der Waals surface area contributed by atoms with Gasteiger partial charge in [-0.15, -0.1) is 0 Å². The molecule has 110 valence electrons. The first-order valence-corrected chi connectivity index (χ1v) is 6.70. The van der Waals surface area contributed by atoms with Gasteiger partial charge in [0.2, 0.25) is 0 Å². The fourth-order valence-corrected chi connectivity index (χ4v) is 2.47. The van der Waals surface area contributed by atoms with Crippen molar-refractivity contribution in [3.63, 3.8) is 0 Å². The predicted molar refractivity (Wildman–Crippen MR) is 73.2 cm³/mol. The lowest BCUT2D eigenvalue weighted by molar-refractivity contribution is -0.380. The first-order chi connectivity index (χ1) is 9.88. The van der Waals surface area contributed by atoms with Gasteiger partial charge in [0, 0.05) is 17.7 Å². The molecule has 0 radical (unpaired) electrons. The quantitative estimate of drug-likeness (QED) is 0.694. The van der Waals surface area contributed by atoms with Crippen LogP contribution in [0.1, 0.15) is 28.2 Å². The molecule has 0 aliphatic heterocycles. The van der Waals surface area contributed by atoms with E-state index in [1.165, 1.54) is 25.1 Å². The Bertz CT molecular complexity index is 702. The Morgan fingerprint density at radius 1 is 1.33 bits per heavy atom. The molecule has 1 atom stereocenters. The van der Waals surface area contributed by atoms with Gasteiger partial charge in [-0.1, -0.05) is 17.4 Å². The lowest BCUT2D eigenvalue weighted by Gasteiger charge is -2.14. The third-order valence-corrected chi connectivity index (χ3v) is 3.81. The van der Waals surface area contributed by atoms with Gasteiger partial charge in [-0.25, -0.2) is 8.78 Å². The highest BCUT2D eigenvalue weighted by molar-refractivity contribution is 7.17. The summed E-state index contributed by atoms with van der Waals surface area (Å²) >= 11 is 0.728. The molecule has 5 nitrogen and oxygen atoms in total. The summed E-state index contributed by atoms with van der Waals surface area (Å²) in [4.78, 5) is 22.0. The van der Waals surface area contributed by atoms with Crippen molar-refractivity contribution in [3.05, 3.63) is 62.5 Å². The van der Waals surface area contributed by atoms with Crippen LogP contribution >= 0.6 is 11.3 Å². The maximum Gasteiger partial charge on any atom is 0.324 e. The molecular weight excluding hydrogens is 302 g/mol. The van der Waals surface area contributed by atoms with Crippen molar-refractivity contribution < 1.29 is 18.5 Å².